The van der Waals surface area contributed by atoms with Gasteiger partial charge in [-0.1, -0.05) is 25.0 Å². The van der Waals surface area contributed by atoms with E-state index in [-0.39, 0.29) is 23.9 Å². The first kappa shape index (κ1) is 14.3. The van der Waals surface area contributed by atoms with Crippen LogP contribution in [0.4, 0.5) is 9.18 Å². The number of benzene rings is 1. The third-order valence-corrected chi connectivity index (χ3v) is 4.56. The molecular formula is C16H21FN2O2. The standard InChI is InChI=1S/C16H21FN2O2/c17-12-5-3-4-11-10(12)8-9-13(11)18-16(21)19-14-6-1-2-7-15(14)20/h3-5,13-15,20H,1-2,6-9H2,(H2,18,19,21). The number of rotatable bonds is 2. The average Bonchev–Trinajstić information content (AvgIpc) is 2.86. The van der Waals surface area contributed by atoms with Crippen LogP contribution < -0.4 is 10.6 Å². The molecule has 0 aliphatic heterocycles. The zero-order chi connectivity index (χ0) is 14.8. The lowest BCUT2D eigenvalue weighted by molar-refractivity contribution is 0.0940. The molecule has 0 heterocycles. The van der Waals surface area contributed by atoms with E-state index in [2.05, 4.69) is 10.6 Å². The predicted octanol–water partition coefficient (Wildman–Crippen LogP) is 2.42. The summed E-state index contributed by atoms with van der Waals surface area (Å²) in [6.07, 6.45) is 4.50. The Hall–Kier alpha value is -1.62. The number of nitrogens with one attached hydrogen (secondary N) is 2. The second-order valence-electron chi connectivity index (χ2n) is 5.97. The summed E-state index contributed by atoms with van der Waals surface area (Å²) in [5.74, 6) is -0.195. The third kappa shape index (κ3) is 3.02. The highest BCUT2D eigenvalue weighted by atomic mass is 19.1. The molecule has 21 heavy (non-hydrogen) atoms. The Morgan fingerprint density at radius 3 is 2.81 bits per heavy atom. The SMILES string of the molecule is O=C(NC1CCc2c(F)cccc21)NC1CCCCC1O. The summed E-state index contributed by atoms with van der Waals surface area (Å²) < 4.78 is 13.7. The van der Waals surface area contributed by atoms with Gasteiger partial charge in [0.1, 0.15) is 5.82 Å². The highest BCUT2D eigenvalue weighted by Gasteiger charge is 2.28. The molecule has 2 aliphatic carbocycles. The van der Waals surface area contributed by atoms with Gasteiger partial charge in [0.05, 0.1) is 18.2 Å². The van der Waals surface area contributed by atoms with Gasteiger partial charge in [-0.15, -0.1) is 0 Å². The lowest BCUT2D eigenvalue weighted by Crippen LogP contribution is -2.49. The molecule has 2 aliphatic rings. The van der Waals surface area contributed by atoms with Crippen LogP contribution in [0.3, 0.4) is 0 Å². The Labute approximate surface area is 123 Å². The molecule has 0 spiro atoms. The van der Waals surface area contributed by atoms with Crippen molar-refractivity contribution in [3.05, 3.63) is 35.1 Å². The van der Waals surface area contributed by atoms with Gasteiger partial charge >= 0.3 is 6.03 Å². The van der Waals surface area contributed by atoms with E-state index >= 15 is 0 Å². The second-order valence-corrected chi connectivity index (χ2v) is 5.97. The summed E-state index contributed by atoms with van der Waals surface area (Å²) in [6, 6.07) is 4.41. The van der Waals surface area contributed by atoms with Gasteiger partial charge in [0.25, 0.3) is 0 Å². The van der Waals surface area contributed by atoms with E-state index in [4.69, 9.17) is 0 Å². The van der Waals surface area contributed by atoms with Crippen molar-refractivity contribution in [2.24, 2.45) is 0 Å². The quantitative estimate of drug-likeness (QED) is 0.784. The first-order valence-corrected chi connectivity index (χ1v) is 7.67. The molecule has 3 unspecified atom stereocenters. The summed E-state index contributed by atoms with van der Waals surface area (Å²) in [6.45, 7) is 0. The van der Waals surface area contributed by atoms with Crippen LogP contribution in [0.1, 0.15) is 49.3 Å². The maximum absolute atomic E-state index is 13.7. The topological polar surface area (TPSA) is 61.4 Å². The number of halogens is 1. The molecule has 3 N–H and O–H groups in total. The maximum Gasteiger partial charge on any atom is 0.315 e. The van der Waals surface area contributed by atoms with E-state index in [1.165, 1.54) is 6.07 Å². The van der Waals surface area contributed by atoms with Crippen LogP contribution >= 0.6 is 0 Å². The number of carbonyl (C=O) groups excluding carboxylic acids is 1. The first-order chi connectivity index (χ1) is 10.1. The normalized spacial score (nSPS) is 28.0. The zero-order valence-electron chi connectivity index (χ0n) is 11.9. The highest BCUT2D eigenvalue weighted by Crippen LogP contribution is 2.32. The summed E-state index contributed by atoms with van der Waals surface area (Å²) in [4.78, 5) is 12.1. The fourth-order valence-corrected chi connectivity index (χ4v) is 3.41. The van der Waals surface area contributed by atoms with Crippen LogP contribution in [0.15, 0.2) is 18.2 Å². The first-order valence-electron chi connectivity index (χ1n) is 7.67. The molecule has 5 heteroatoms. The van der Waals surface area contributed by atoms with Crippen molar-refractivity contribution in [2.75, 3.05) is 0 Å². The molecule has 0 bridgehead atoms. The molecule has 1 aromatic rings. The lowest BCUT2D eigenvalue weighted by atomic mass is 9.93. The van der Waals surface area contributed by atoms with E-state index in [9.17, 15) is 14.3 Å². The van der Waals surface area contributed by atoms with Gasteiger partial charge in [-0.2, -0.15) is 0 Å². The molecule has 114 valence electrons. The highest BCUT2D eigenvalue weighted by molar-refractivity contribution is 5.75. The molecule has 2 amide bonds. The largest absolute Gasteiger partial charge is 0.391 e. The maximum atomic E-state index is 13.7. The molecule has 3 rings (SSSR count). The van der Waals surface area contributed by atoms with Crippen molar-refractivity contribution in [3.8, 4) is 0 Å². The zero-order valence-corrected chi connectivity index (χ0v) is 11.9. The van der Waals surface area contributed by atoms with Gasteiger partial charge in [-0.25, -0.2) is 9.18 Å². The molecule has 1 saturated carbocycles. The van der Waals surface area contributed by atoms with E-state index in [0.717, 1.165) is 37.7 Å². The number of fused-ring (bicyclic) bond motifs is 1. The number of amides is 2. The van der Waals surface area contributed by atoms with Gasteiger partial charge in [0.15, 0.2) is 0 Å². The van der Waals surface area contributed by atoms with Crippen LogP contribution in [0.5, 0.6) is 0 Å². The van der Waals surface area contributed by atoms with Crippen molar-refractivity contribution in [2.45, 2.75) is 56.7 Å². The molecule has 4 nitrogen and oxygen atoms in total. The van der Waals surface area contributed by atoms with E-state index in [0.29, 0.717) is 12.0 Å². The van der Waals surface area contributed by atoms with Crippen LogP contribution in [-0.4, -0.2) is 23.3 Å². The fourth-order valence-electron chi connectivity index (χ4n) is 3.41. The van der Waals surface area contributed by atoms with Gasteiger partial charge in [0.2, 0.25) is 0 Å². The minimum Gasteiger partial charge on any atom is -0.391 e. The Morgan fingerprint density at radius 1 is 1.19 bits per heavy atom. The Kier molecular flexibility index (Phi) is 4.10. The Bertz CT molecular complexity index is 535. The third-order valence-electron chi connectivity index (χ3n) is 4.56. The number of carbonyl (C=O) groups is 1. The molecule has 0 aromatic heterocycles. The molecule has 3 atom stereocenters. The van der Waals surface area contributed by atoms with Crippen molar-refractivity contribution in [1.29, 1.82) is 0 Å². The van der Waals surface area contributed by atoms with E-state index in [1.807, 2.05) is 6.07 Å². The molecular weight excluding hydrogens is 271 g/mol. The summed E-state index contributed by atoms with van der Waals surface area (Å²) >= 11 is 0. The van der Waals surface area contributed by atoms with Crippen molar-refractivity contribution in [1.82, 2.24) is 10.6 Å². The number of aliphatic hydroxyl groups is 1. The van der Waals surface area contributed by atoms with E-state index < -0.39 is 6.10 Å². The Morgan fingerprint density at radius 2 is 2.00 bits per heavy atom. The smallest absolute Gasteiger partial charge is 0.315 e. The number of hydrogen-bond donors (Lipinski definition) is 3. The van der Waals surface area contributed by atoms with Gasteiger partial charge in [-0.3, -0.25) is 0 Å². The summed E-state index contributed by atoms with van der Waals surface area (Å²) in [5.41, 5.74) is 1.58. The van der Waals surface area contributed by atoms with Crippen molar-refractivity contribution >= 4 is 6.03 Å². The van der Waals surface area contributed by atoms with Crippen LogP contribution in [-0.2, 0) is 6.42 Å². The summed E-state index contributed by atoms with van der Waals surface area (Å²) in [5, 5.41) is 15.6. The minimum atomic E-state index is -0.460. The van der Waals surface area contributed by atoms with Gasteiger partial charge in [0, 0.05) is 0 Å². The number of hydrogen-bond acceptors (Lipinski definition) is 2. The van der Waals surface area contributed by atoms with Crippen LogP contribution in [0.25, 0.3) is 0 Å². The predicted molar refractivity (Wildman–Crippen MR) is 77.4 cm³/mol. The van der Waals surface area contributed by atoms with Crippen LogP contribution in [0.2, 0.25) is 0 Å². The van der Waals surface area contributed by atoms with Crippen LogP contribution in [0, 0.1) is 5.82 Å². The van der Waals surface area contributed by atoms with E-state index in [1.54, 1.807) is 6.07 Å². The fraction of sp³-hybridized carbons (Fsp3) is 0.562. The Balaban J connectivity index is 1.60. The number of urea groups is 1. The average molecular weight is 292 g/mol. The van der Waals surface area contributed by atoms with Crippen molar-refractivity contribution < 1.29 is 14.3 Å². The lowest BCUT2D eigenvalue weighted by Gasteiger charge is -2.29. The minimum absolute atomic E-state index is 0.142. The molecule has 0 radical (unpaired) electrons. The molecule has 0 saturated heterocycles. The van der Waals surface area contributed by atoms with Gasteiger partial charge in [-0.05, 0) is 42.9 Å². The van der Waals surface area contributed by atoms with Crippen molar-refractivity contribution in [3.63, 3.8) is 0 Å². The summed E-state index contributed by atoms with van der Waals surface area (Å²) in [7, 11) is 0. The monoisotopic (exact) mass is 292 g/mol. The second kappa shape index (κ2) is 6.02. The number of aliphatic hydroxyl groups excluding tert-OH is 1. The molecule has 1 aromatic carbocycles. The van der Waals surface area contributed by atoms with Gasteiger partial charge < -0.3 is 15.7 Å². The molecule has 1 fully saturated rings.